The molecule has 13 heavy (non-hydrogen) atoms. The number of Topliss-reactive ketones (excluding diaryl/α,β-unsaturated/α-hetero) is 1. The molecule has 0 N–H and O–H groups in total. The van der Waals surface area contributed by atoms with Gasteiger partial charge in [0.05, 0.1) is 6.04 Å². The molecule has 0 aromatic rings. The Balaban J connectivity index is 2.13. The molecule has 0 radical (unpaired) electrons. The fraction of sp³-hybridized carbons (Fsp3) is 0.909. The van der Waals surface area contributed by atoms with Gasteiger partial charge in [0.2, 0.25) is 0 Å². The summed E-state index contributed by atoms with van der Waals surface area (Å²) in [6, 6.07) is 0.196. The Morgan fingerprint density at radius 1 is 1.46 bits per heavy atom. The van der Waals surface area contributed by atoms with E-state index in [2.05, 4.69) is 25.8 Å². The molecule has 2 aliphatic rings. The van der Waals surface area contributed by atoms with E-state index in [0.29, 0.717) is 16.6 Å². The minimum Gasteiger partial charge on any atom is -0.298 e. The monoisotopic (exact) mass is 181 g/mol. The van der Waals surface area contributed by atoms with Crippen LogP contribution in [0.3, 0.4) is 0 Å². The summed E-state index contributed by atoms with van der Waals surface area (Å²) >= 11 is 0. The van der Waals surface area contributed by atoms with Crippen LogP contribution in [0.4, 0.5) is 0 Å². The van der Waals surface area contributed by atoms with E-state index in [1.807, 2.05) is 0 Å². The van der Waals surface area contributed by atoms with E-state index in [-0.39, 0.29) is 6.04 Å². The number of nitrogens with zero attached hydrogens (tertiary/aromatic N) is 1. The first-order chi connectivity index (χ1) is 5.88. The van der Waals surface area contributed by atoms with Gasteiger partial charge in [-0.25, -0.2) is 0 Å². The zero-order valence-electron chi connectivity index (χ0n) is 9.05. The second-order valence-electron chi connectivity index (χ2n) is 5.59. The maximum Gasteiger partial charge on any atom is 0.146 e. The molecule has 0 unspecified atom stereocenters. The lowest BCUT2D eigenvalue weighted by atomic mass is 9.92. The van der Waals surface area contributed by atoms with E-state index < -0.39 is 0 Å². The topological polar surface area (TPSA) is 20.3 Å². The van der Waals surface area contributed by atoms with Crippen molar-refractivity contribution in [2.75, 3.05) is 13.6 Å². The van der Waals surface area contributed by atoms with Crippen LogP contribution in [0.5, 0.6) is 0 Å². The van der Waals surface area contributed by atoms with Crippen molar-refractivity contribution >= 4 is 5.78 Å². The maximum atomic E-state index is 11.3. The van der Waals surface area contributed by atoms with Crippen LogP contribution in [0.15, 0.2) is 0 Å². The van der Waals surface area contributed by atoms with Crippen LogP contribution in [0, 0.1) is 10.8 Å². The van der Waals surface area contributed by atoms with Crippen LogP contribution in [0.1, 0.15) is 33.6 Å². The molecule has 2 rings (SSSR count). The van der Waals surface area contributed by atoms with Gasteiger partial charge >= 0.3 is 0 Å². The molecule has 2 atom stereocenters. The molecule has 2 nitrogen and oxygen atoms in total. The normalized spacial score (nSPS) is 42.6. The smallest absolute Gasteiger partial charge is 0.146 e. The molecule has 1 saturated carbocycles. The van der Waals surface area contributed by atoms with Crippen LogP contribution < -0.4 is 0 Å². The largest absolute Gasteiger partial charge is 0.298 e. The molecule has 1 heterocycles. The van der Waals surface area contributed by atoms with Gasteiger partial charge in [0.25, 0.3) is 0 Å². The number of likely N-dealkylation sites (tertiary alicyclic amines) is 1. The number of carbonyl (C=O) groups is 1. The fourth-order valence-electron chi connectivity index (χ4n) is 3.05. The molecule has 0 amide bonds. The van der Waals surface area contributed by atoms with Crippen LogP contribution in [0.2, 0.25) is 0 Å². The molecule has 2 fully saturated rings. The van der Waals surface area contributed by atoms with Crippen molar-refractivity contribution in [2.45, 2.75) is 39.7 Å². The SMILES string of the molecule is CC(=O)[C@@H]1C[C@]2(CN1C)CC2(C)C. The van der Waals surface area contributed by atoms with Crippen molar-refractivity contribution in [1.82, 2.24) is 4.90 Å². The highest BCUT2D eigenvalue weighted by Crippen LogP contribution is 2.68. The van der Waals surface area contributed by atoms with E-state index in [1.54, 1.807) is 6.92 Å². The fourth-order valence-corrected chi connectivity index (χ4v) is 3.05. The number of ketones is 1. The van der Waals surface area contributed by atoms with Gasteiger partial charge in [-0.05, 0) is 37.6 Å². The van der Waals surface area contributed by atoms with Gasteiger partial charge in [-0.3, -0.25) is 9.69 Å². The first kappa shape index (κ1) is 9.20. The van der Waals surface area contributed by atoms with Gasteiger partial charge in [-0.15, -0.1) is 0 Å². The lowest BCUT2D eigenvalue weighted by Gasteiger charge is -2.15. The zero-order chi connectivity index (χ0) is 9.85. The van der Waals surface area contributed by atoms with E-state index in [1.165, 1.54) is 6.42 Å². The van der Waals surface area contributed by atoms with Crippen LogP contribution in [0.25, 0.3) is 0 Å². The Morgan fingerprint density at radius 2 is 2.00 bits per heavy atom. The zero-order valence-corrected chi connectivity index (χ0v) is 9.05. The van der Waals surface area contributed by atoms with Gasteiger partial charge < -0.3 is 0 Å². The summed E-state index contributed by atoms with van der Waals surface area (Å²) < 4.78 is 0. The highest BCUT2D eigenvalue weighted by molar-refractivity contribution is 5.82. The third-order valence-corrected chi connectivity index (χ3v) is 4.23. The Morgan fingerprint density at radius 3 is 2.23 bits per heavy atom. The molecule has 1 aliphatic heterocycles. The number of rotatable bonds is 1. The number of carbonyl (C=O) groups excluding carboxylic acids is 1. The van der Waals surface area contributed by atoms with Crippen molar-refractivity contribution in [3.05, 3.63) is 0 Å². The average molecular weight is 181 g/mol. The van der Waals surface area contributed by atoms with Crippen molar-refractivity contribution in [3.8, 4) is 0 Å². The average Bonchev–Trinajstić information content (AvgIpc) is 2.36. The Kier molecular flexibility index (Phi) is 1.66. The molecule has 0 aromatic heterocycles. The standard InChI is InChI=1S/C11H19NO/c1-8(13)9-5-11(7-12(9)4)6-10(11,2)3/h9H,5-7H2,1-4H3/t9-,11+/m0/s1. The van der Waals surface area contributed by atoms with Crippen LogP contribution >= 0.6 is 0 Å². The molecule has 1 aliphatic carbocycles. The summed E-state index contributed by atoms with van der Waals surface area (Å²) in [5.41, 5.74) is 0.948. The minimum absolute atomic E-state index is 0.196. The summed E-state index contributed by atoms with van der Waals surface area (Å²) in [7, 11) is 2.08. The highest BCUT2D eigenvalue weighted by Gasteiger charge is 2.65. The Hall–Kier alpha value is -0.370. The molecule has 0 aromatic carbocycles. The third-order valence-electron chi connectivity index (χ3n) is 4.23. The number of hydrogen-bond donors (Lipinski definition) is 0. The van der Waals surface area contributed by atoms with Crippen molar-refractivity contribution < 1.29 is 4.79 Å². The maximum absolute atomic E-state index is 11.3. The second kappa shape index (κ2) is 2.35. The lowest BCUT2D eigenvalue weighted by Crippen LogP contribution is -2.30. The first-order valence-electron chi connectivity index (χ1n) is 5.09. The van der Waals surface area contributed by atoms with E-state index in [9.17, 15) is 4.79 Å². The van der Waals surface area contributed by atoms with Crippen molar-refractivity contribution in [1.29, 1.82) is 0 Å². The molecule has 2 heteroatoms. The number of likely N-dealkylation sites (N-methyl/N-ethyl adjacent to an activating group) is 1. The van der Waals surface area contributed by atoms with Gasteiger partial charge in [0, 0.05) is 6.54 Å². The molecule has 1 spiro atoms. The molecular formula is C11H19NO. The van der Waals surface area contributed by atoms with Crippen LogP contribution in [-0.4, -0.2) is 30.3 Å². The summed E-state index contributed by atoms with van der Waals surface area (Å²) in [6.45, 7) is 7.48. The molecular weight excluding hydrogens is 162 g/mol. The number of hydrogen-bond acceptors (Lipinski definition) is 2. The third kappa shape index (κ3) is 1.15. The predicted molar refractivity (Wildman–Crippen MR) is 52.5 cm³/mol. The van der Waals surface area contributed by atoms with E-state index >= 15 is 0 Å². The van der Waals surface area contributed by atoms with E-state index in [0.717, 1.165) is 13.0 Å². The van der Waals surface area contributed by atoms with Crippen molar-refractivity contribution in [3.63, 3.8) is 0 Å². The van der Waals surface area contributed by atoms with Gasteiger partial charge in [-0.1, -0.05) is 13.8 Å². The summed E-state index contributed by atoms with van der Waals surface area (Å²) in [6.07, 6.45) is 2.39. The molecule has 74 valence electrons. The van der Waals surface area contributed by atoms with Gasteiger partial charge in [-0.2, -0.15) is 0 Å². The molecule has 0 bridgehead atoms. The Bertz CT molecular complexity index is 259. The summed E-state index contributed by atoms with van der Waals surface area (Å²) in [5, 5.41) is 0. The first-order valence-corrected chi connectivity index (χ1v) is 5.09. The highest BCUT2D eigenvalue weighted by atomic mass is 16.1. The minimum atomic E-state index is 0.196. The predicted octanol–water partition coefficient (Wildman–Crippen LogP) is 1.70. The lowest BCUT2D eigenvalue weighted by molar-refractivity contribution is -0.120. The summed E-state index contributed by atoms with van der Waals surface area (Å²) in [5.74, 6) is 0.335. The summed E-state index contributed by atoms with van der Waals surface area (Å²) in [4.78, 5) is 13.6. The molecule has 1 saturated heterocycles. The Labute approximate surface area is 80.3 Å². The van der Waals surface area contributed by atoms with E-state index in [4.69, 9.17) is 0 Å². The quantitative estimate of drug-likeness (QED) is 0.613. The second-order valence-corrected chi connectivity index (χ2v) is 5.59. The van der Waals surface area contributed by atoms with Gasteiger partial charge in [0.15, 0.2) is 0 Å². The van der Waals surface area contributed by atoms with Gasteiger partial charge in [0.1, 0.15) is 5.78 Å². The van der Waals surface area contributed by atoms with Crippen LogP contribution in [-0.2, 0) is 4.79 Å². The van der Waals surface area contributed by atoms with Crippen molar-refractivity contribution in [2.24, 2.45) is 10.8 Å².